The Labute approximate surface area is 125 Å². The number of sulfonamides is 1. The molecule has 0 radical (unpaired) electrons. The molecule has 0 spiro atoms. The molecule has 0 aliphatic rings. The Morgan fingerprint density at radius 3 is 2.48 bits per heavy atom. The number of rotatable bonds is 6. The van der Waals surface area contributed by atoms with Crippen LogP contribution in [0, 0.1) is 11.8 Å². The molecule has 6 nitrogen and oxygen atoms in total. The maximum Gasteiger partial charge on any atom is 0.226 e. The van der Waals surface area contributed by atoms with E-state index in [-0.39, 0.29) is 13.2 Å². The standard InChI is InChI=1S/C13H17NO5S2/c1-20(16,17)11-21(18,19)14-10-13-8-3-2-6-12(13)7-4-5-9-15/h2-3,6,8,14-15H,5,9-11H2,1H3. The molecule has 2 N–H and O–H groups in total. The minimum absolute atomic E-state index is 0.0398. The first kappa shape index (κ1) is 17.7. The summed E-state index contributed by atoms with van der Waals surface area (Å²) in [6.45, 7) is -0.0853. The predicted molar refractivity (Wildman–Crippen MR) is 80.5 cm³/mol. The monoisotopic (exact) mass is 331 g/mol. The van der Waals surface area contributed by atoms with Gasteiger partial charge in [0.2, 0.25) is 10.0 Å². The smallest absolute Gasteiger partial charge is 0.226 e. The van der Waals surface area contributed by atoms with Gasteiger partial charge in [0.25, 0.3) is 0 Å². The maximum absolute atomic E-state index is 11.6. The lowest BCUT2D eigenvalue weighted by Crippen LogP contribution is -2.29. The van der Waals surface area contributed by atoms with Crippen molar-refractivity contribution in [2.45, 2.75) is 13.0 Å². The van der Waals surface area contributed by atoms with Crippen LogP contribution in [0.2, 0.25) is 0 Å². The number of aliphatic hydroxyl groups excluding tert-OH is 1. The summed E-state index contributed by atoms with van der Waals surface area (Å²) in [4.78, 5) is 0. The second-order valence-electron chi connectivity index (χ2n) is 4.41. The molecule has 116 valence electrons. The summed E-state index contributed by atoms with van der Waals surface area (Å²) in [7, 11) is -7.53. The molecule has 0 saturated heterocycles. The van der Waals surface area contributed by atoms with Gasteiger partial charge in [-0.15, -0.1) is 0 Å². The Balaban J connectivity index is 2.83. The first-order chi connectivity index (χ1) is 9.73. The molecule has 0 aliphatic heterocycles. The first-order valence-corrected chi connectivity index (χ1v) is 9.77. The van der Waals surface area contributed by atoms with Gasteiger partial charge in [0, 0.05) is 24.8 Å². The van der Waals surface area contributed by atoms with E-state index in [1.165, 1.54) is 0 Å². The topological polar surface area (TPSA) is 101 Å². The summed E-state index contributed by atoms with van der Waals surface area (Å²) >= 11 is 0. The van der Waals surface area contributed by atoms with Gasteiger partial charge in [-0.1, -0.05) is 30.0 Å². The molecule has 21 heavy (non-hydrogen) atoms. The van der Waals surface area contributed by atoms with Crippen molar-refractivity contribution in [1.29, 1.82) is 0 Å². The normalized spacial score (nSPS) is 11.7. The van der Waals surface area contributed by atoms with Crippen molar-refractivity contribution in [2.75, 3.05) is 17.9 Å². The van der Waals surface area contributed by atoms with Crippen LogP contribution in [0.3, 0.4) is 0 Å². The summed E-state index contributed by atoms with van der Waals surface area (Å²) in [6, 6.07) is 6.92. The highest BCUT2D eigenvalue weighted by Gasteiger charge is 2.17. The van der Waals surface area contributed by atoms with E-state index in [4.69, 9.17) is 5.11 Å². The fraction of sp³-hybridized carbons (Fsp3) is 0.385. The fourth-order valence-electron chi connectivity index (χ4n) is 1.52. The Hall–Kier alpha value is -1.40. The van der Waals surface area contributed by atoms with Crippen LogP contribution in [0.15, 0.2) is 24.3 Å². The molecule has 0 aromatic heterocycles. The van der Waals surface area contributed by atoms with Crippen molar-refractivity contribution < 1.29 is 21.9 Å². The van der Waals surface area contributed by atoms with Gasteiger partial charge < -0.3 is 5.11 Å². The van der Waals surface area contributed by atoms with Gasteiger partial charge in [-0.2, -0.15) is 0 Å². The second-order valence-corrected chi connectivity index (χ2v) is 8.72. The minimum Gasteiger partial charge on any atom is -0.395 e. The Morgan fingerprint density at radius 2 is 1.86 bits per heavy atom. The Bertz CT molecular complexity index is 742. The third-order valence-electron chi connectivity index (χ3n) is 2.33. The quantitative estimate of drug-likeness (QED) is 0.706. The van der Waals surface area contributed by atoms with E-state index in [1.807, 2.05) is 0 Å². The van der Waals surface area contributed by atoms with Crippen molar-refractivity contribution in [3.63, 3.8) is 0 Å². The molecule has 1 aromatic rings. The predicted octanol–water partition coefficient (Wildman–Crippen LogP) is -0.158. The zero-order valence-corrected chi connectivity index (χ0v) is 13.2. The van der Waals surface area contributed by atoms with Crippen LogP contribution < -0.4 is 4.72 Å². The minimum atomic E-state index is -3.91. The molecular formula is C13H17NO5S2. The van der Waals surface area contributed by atoms with Crippen molar-refractivity contribution in [1.82, 2.24) is 4.72 Å². The zero-order valence-electron chi connectivity index (χ0n) is 11.5. The van der Waals surface area contributed by atoms with Crippen LogP contribution >= 0.6 is 0 Å². The lowest BCUT2D eigenvalue weighted by Gasteiger charge is -2.07. The molecule has 0 aliphatic carbocycles. The molecule has 1 aromatic carbocycles. The van der Waals surface area contributed by atoms with E-state index in [2.05, 4.69) is 16.6 Å². The van der Waals surface area contributed by atoms with Gasteiger partial charge in [-0.05, 0) is 11.6 Å². The van der Waals surface area contributed by atoms with Crippen LogP contribution in [-0.2, 0) is 26.4 Å². The van der Waals surface area contributed by atoms with Crippen LogP contribution in [-0.4, -0.2) is 39.9 Å². The van der Waals surface area contributed by atoms with Crippen LogP contribution in [0.5, 0.6) is 0 Å². The first-order valence-electron chi connectivity index (χ1n) is 6.06. The second kappa shape index (κ2) is 7.56. The summed E-state index contributed by atoms with van der Waals surface area (Å²) in [5.41, 5.74) is 1.27. The number of aliphatic hydroxyl groups is 1. The Kier molecular flexibility index (Phi) is 6.36. The highest BCUT2D eigenvalue weighted by molar-refractivity contribution is 8.06. The summed E-state index contributed by atoms with van der Waals surface area (Å²) in [5, 5.41) is 7.73. The molecule has 0 atom stereocenters. The van der Waals surface area contributed by atoms with Crippen LogP contribution in [0.1, 0.15) is 17.5 Å². The lowest BCUT2D eigenvalue weighted by atomic mass is 10.1. The van der Waals surface area contributed by atoms with E-state index in [1.54, 1.807) is 24.3 Å². The molecule has 0 saturated carbocycles. The third kappa shape index (κ3) is 7.24. The highest BCUT2D eigenvalue weighted by Crippen LogP contribution is 2.08. The van der Waals surface area contributed by atoms with Crippen molar-refractivity contribution >= 4 is 19.9 Å². The van der Waals surface area contributed by atoms with E-state index in [9.17, 15) is 16.8 Å². The number of sulfone groups is 1. The fourth-order valence-corrected chi connectivity index (χ4v) is 4.48. The molecule has 0 fully saturated rings. The SMILES string of the molecule is CS(=O)(=O)CS(=O)(=O)NCc1ccccc1C#CCCO. The number of hydrogen-bond donors (Lipinski definition) is 2. The van der Waals surface area contributed by atoms with E-state index in [0.29, 0.717) is 17.5 Å². The largest absolute Gasteiger partial charge is 0.395 e. The van der Waals surface area contributed by atoms with Crippen molar-refractivity contribution in [2.24, 2.45) is 0 Å². The van der Waals surface area contributed by atoms with Crippen molar-refractivity contribution in [3.8, 4) is 11.8 Å². The van der Waals surface area contributed by atoms with Gasteiger partial charge in [0.1, 0.15) is 0 Å². The van der Waals surface area contributed by atoms with E-state index < -0.39 is 24.9 Å². The zero-order chi connectivity index (χ0) is 15.9. The van der Waals surface area contributed by atoms with E-state index in [0.717, 1.165) is 6.26 Å². The number of hydrogen-bond acceptors (Lipinski definition) is 5. The lowest BCUT2D eigenvalue weighted by molar-refractivity contribution is 0.305. The molecule has 0 amide bonds. The summed E-state index contributed by atoms with van der Waals surface area (Å²) in [5.74, 6) is 5.59. The van der Waals surface area contributed by atoms with Gasteiger partial charge in [-0.3, -0.25) is 0 Å². The van der Waals surface area contributed by atoms with Gasteiger partial charge in [-0.25, -0.2) is 21.6 Å². The van der Waals surface area contributed by atoms with Gasteiger partial charge in [0.05, 0.1) is 6.61 Å². The van der Waals surface area contributed by atoms with Crippen LogP contribution in [0.4, 0.5) is 0 Å². The third-order valence-corrected chi connectivity index (χ3v) is 5.87. The average molecular weight is 331 g/mol. The van der Waals surface area contributed by atoms with E-state index >= 15 is 0 Å². The van der Waals surface area contributed by atoms with Crippen LogP contribution in [0.25, 0.3) is 0 Å². The number of benzene rings is 1. The molecule has 0 unspecified atom stereocenters. The van der Waals surface area contributed by atoms with Crippen molar-refractivity contribution in [3.05, 3.63) is 35.4 Å². The molecular weight excluding hydrogens is 314 g/mol. The Morgan fingerprint density at radius 1 is 1.19 bits per heavy atom. The van der Waals surface area contributed by atoms with Gasteiger partial charge >= 0.3 is 0 Å². The molecule has 8 heteroatoms. The summed E-state index contributed by atoms with van der Waals surface area (Å²) < 4.78 is 47.6. The summed E-state index contributed by atoms with van der Waals surface area (Å²) in [6.07, 6.45) is 1.19. The number of nitrogens with one attached hydrogen (secondary N) is 1. The molecule has 1 rings (SSSR count). The molecule has 0 heterocycles. The maximum atomic E-state index is 11.6. The highest BCUT2D eigenvalue weighted by atomic mass is 32.3. The average Bonchev–Trinajstić information content (AvgIpc) is 2.35. The van der Waals surface area contributed by atoms with Gasteiger partial charge in [0.15, 0.2) is 14.9 Å². The molecule has 0 bridgehead atoms.